The van der Waals surface area contributed by atoms with Crippen LogP contribution in [-0.2, 0) is 4.79 Å². The lowest BCUT2D eigenvalue weighted by molar-refractivity contribution is -0.274. The zero-order chi connectivity index (χ0) is 15.3. The summed E-state index contributed by atoms with van der Waals surface area (Å²) < 4.78 is 40.2. The predicted molar refractivity (Wildman–Crippen MR) is 65.4 cm³/mol. The Morgan fingerprint density at radius 3 is 2.55 bits per heavy atom. The van der Waals surface area contributed by atoms with Crippen molar-refractivity contribution >= 4 is 27.8 Å². The first kappa shape index (κ1) is 16.3. The number of hydrogen-bond acceptors (Lipinski definition) is 3. The van der Waals surface area contributed by atoms with Gasteiger partial charge in [-0.1, -0.05) is 0 Å². The first-order chi connectivity index (χ1) is 9.19. The van der Waals surface area contributed by atoms with E-state index in [9.17, 15) is 22.8 Å². The third-order valence-corrected chi connectivity index (χ3v) is 2.70. The molecule has 2 N–H and O–H groups in total. The van der Waals surface area contributed by atoms with E-state index in [0.29, 0.717) is 0 Å². The van der Waals surface area contributed by atoms with Crippen LogP contribution < -0.4 is 10.1 Å². The number of carbonyl (C=O) groups is 2. The molecule has 0 radical (unpaired) electrons. The van der Waals surface area contributed by atoms with Gasteiger partial charge in [-0.25, -0.2) is 0 Å². The molecule has 0 saturated carbocycles. The number of rotatable bonds is 5. The molecule has 0 aliphatic carbocycles. The molecule has 0 atom stereocenters. The Kier molecular flexibility index (Phi) is 5.37. The second-order valence-corrected chi connectivity index (χ2v) is 4.45. The Hall–Kier alpha value is -1.77. The maximum absolute atomic E-state index is 12.1. The Balaban J connectivity index is 2.78. The third kappa shape index (κ3) is 5.47. The van der Waals surface area contributed by atoms with Gasteiger partial charge in [0.2, 0.25) is 0 Å². The van der Waals surface area contributed by atoms with Crippen molar-refractivity contribution in [1.82, 2.24) is 5.32 Å². The van der Waals surface area contributed by atoms with Gasteiger partial charge in [-0.3, -0.25) is 9.59 Å². The van der Waals surface area contributed by atoms with Crippen LogP contribution in [0, 0.1) is 0 Å². The number of nitrogens with one attached hydrogen (secondary N) is 1. The van der Waals surface area contributed by atoms with Crippen LogP contribution in [0.15, 0.2) is 22.7 Å². The maximum atomic E-state index is 12.1. The number of alkyl halides is 3. The number of aliphatic carboxylic acids is 1. The highest BCUT2D eigenvalue weighted by atomic mass is 79.9. The van der Waals surface area contributed by atoms with Crippen LogP contribution in [0.3, 0.4) is 0 Å². The van der Waals surface area contributed by atoms with Crippen LogP contribution in [0.1, 0.15) is 16.8 Å². The maximum Gasteiger partial charge on any atom is 0.573 e. The van der Waals surface area contributed by atoms with Gasteiger partial charge < -0.3 is 15.2 Å². The molecule has 110 valence electrons. The number of hydrogen-bond donors (Lipinski definition) is 2. The van der Waals surface area contributed by atoms with Crippen LogP contribution >= 0.6 is 15.9 Å². The lowest BCUT2D eigenvalue weighted by Crippen LogP contribution is -2.26. The zero-order valence-corrected chi connectivity index (χ0v) is 11.4. The minimum atomic E-state index is -4.87. The van der Waals surface area contributed by atoms with E-state index in [4.69, 9.17) is 5.11 Å². The first-order valence-corrected chi connectivity index (χ1v) is 6.03. The summed E-state index contributed by atoms with van der Waals surface area (Å²) in [5, 5.41) is 10.7. The summed E-state index contributed by atoms with van der Waals surface area (Å²) in [5.41, 5.74) is -0.0714. The molecule has 0 aliphatic rings. The highest BCUT2D eigenvalue weighted by Crippen LogP contribution is 2.31. The van der Waals surface area contributed by atoms with Crippen LogP contribution in [0.4, 0.5) is 13.2 Å². The van der Waals surface area contributed by atoms with Gasteiger partial charge in [-0.15, -0.1) is 13.2 Å². The SMILES string of the molecule is O=C(O)CCNC(=O)c1ccc(Br)c(OC(F)(F)F)c1. The molecule has 1 aromatic rings. The molecular formula is C11H9BrF3NO4. The molecule has 0 unspecified atom stereocenters. The first-order valence-electron chi connectivity index (χ1n) is 5.24. The van der Waals surface area contributed by atoms with Crippen LogP contribution in [0.2, 0.25) is 0 Å². The van der Waals surface area contributed by atoms with E-state index in [1.165, 1.54) is 12.1 Å². The van der Waals surface area contributed by atoms with Crippen LogP contribution in [0.5, 0.6) is 5.75 Å². The summed E-state index contributed by atoms with van der Waals surface area (Å²) >= 11 is 2.87. The largest absolute Gasteiger partial charge is 0.573 e. The minimum Gasteiger partial charge on any atom is -0.481 e. The predicted octanol–water partition coefficient (Wildman–Crippen LogP) is 2.55. The van der Waals surface area contributed by atoms with Gasteiger partial charge in [0.1, 0.15) is 5.75 Å². The number of carboxylic acids is 1. The van der Waals surface area contributed by atoms with Gasteiger partial charge in [-0.05, 0) is 34.1 Å². The molecule has 0 heterocycles. The van der Waals surface area contributed by atoms with Crippen molar-refractivity contribution < 1.29 is 32.6 Å². The van der Waals surface area contributed by atoms with E-state index in [1.807, 2.05) is 0 Å². The summed E-state index contributed by atoms with van der Waals surface area (Å²) in [4.78, 5) is 21.9. The Labute approximate surface area is 119 Å². The molecule has 1 aromatic carbocycles. The van der Waals surface area contributed by atoms with Crippen molar-refractivity contribution in [3.05, 3.63) is 28.2 Å². The average Bonchev–Trinajstić information content (AvgIpc) is 2.29. The normalized spacial score (nSPS) is 11.0. The van der Waals surface area contributed by atoms with Crippen molar-refractivity contribution in [3.8, 4) is 5.75 Å². The molecule has 0 aromatic heterocycles. The molecule has 0 spiro atoms. The topological polar surface area (TPSA) is 75.6 Å². The fourth-order valence-corrected chi connectivity index (χ4v) is 1.56. The van der Waals surface area contributed by atoms with Crippen LogP contribution in [0.25, 0.3) is 0 Å². The Morgan fingerprint density at radius 2 is 2.00 bits per heavy atom. The quantitative estimate of drug-likeness (QED) is 0.850. The van der Waals surface area contributed by atoms with E-state index < -0.39 is 24.0 Å². The fraction of sp³-hybridized carbons (Fsp3) is 0.273. The lowest BCUT2D eigenvalue weighted by atomic mass is 10.2. The van der Waals surface area contributed by atoms with Gasteiger partial charge in [0.05, 0.1) is 10.9 Å². The smallest absolute Gasteiger partial charge is 0.481 e. The van der Waals surface area contributed by atoms with Crippen molar-refractivity contribution in [1.29, 1.82) is 0 Å². The number of halogens is 4. The average molecular weight is 356 g/mol. The monoisotopic (exact) mass is 355 g/mol. The molecule has 1 rings (SSSR count). The molecule has 5 nitrogen and oxygen atoms in total. The van der Waals surface area contributed by atoms with Crippen molar-refractivity contribution in [2.45, 2.75) is 12.8 Å². The van der Waals surface area contributed by atoms with E-state index in [-0.39, 0.29) is 23.0 Å². The number of ether oxygens (including phenoxy) is 1. The summed E-state index contributed by atoms with van der Waals surface area (Å²) in [6.45, 7) is -0.125. The van der Waals surface area contributed by atoms with Crippen molar-refractivity contribution in [2.75, 3.05) is 6.54 Å². The highest BCUT2D eigenvalue weighted by Gasteiger charge is 2.32. The number of carbonyl (C=O) groups excluding carboxylic acids is 1. The third-order valence-electron chi connectivity index (χ3n) is 2.04. The van der Waals surface area contributed by atoms with Gasteiger partial charge in [0, 0.05) is 12.1 Å². The van der Waals surface area contributed by atoms with Gasteiger partial charge in [0.15, 0.2) is 0 Å². The van der Waals surface area contributed by atoms with Gasteiger partial charge >= 0.3 is 12.3 Å². The number of amides is 1. The van der Waals surface area contributed by atoms with Crippen molar-refractivity contribution in [2.24, 2.45) is 0 Å². The molecule has 0 fully saturated rings. The van der Waals surface area contributed by atoms with Gasteiger partial charge in [0.25, 0.3) is 5.91 Å². The minimum absolute atomic E-state index is 0.0388. The molecule has 20 heavy (non-hydrogen) atoms. The molecule has 0 aliphatic heterocycles. The van der Waals surface area contributed by atoms with Crippen LogP contribution in [-0.4, -0.2) is 29.9 Å². The summed E-state index contributed by atoms with van der Waals surface area (Å²) in [6, 6.07) is 3.42. The molecular weight excluding hydrogens is 347 g/mol. The second kappa shape index (κ2) is 6.60. The van der Waals surface area contributed by atoms with E-state index in [2.05, 4.69) is 26.0 Å². The fourth-order valence-electron chi connectivity index (χ4n) is 1.23. The van der Waals surface area contributed by atoms with E-state index in [0.717, 1.165) is 6.07 Å². The van der Waals surface area contributed by atoms with E-state index in [1.54, 1.807) is 0 Å². The highest BCUT2D eigenvalue weighted by molar-refractivity contribution is 9.10. The molecule has 1 amide bonds. The summed E-state index contributed by atoms with van der Waals surface area (Å²) in [7, 11) is 0. The molecule has 9 heteroatoms. The molecule has 0 saturated heterocycles. The second-order valence-electron chi connectivity index (χ2n) is 3.59. The Bertz CT molecular complexity index is 519. The molecule has 0 bridgehead atoms. The summed E-state index contributed by atoms with van der Waals surface area (Å²) in [6.07, 6.45) is -5.16. The standard InChI is InChI=1S/C11H9BrF3NO4/c12-7-2-1-6(5-8(7)20-11(13,14)15)10(19)16-4-3-9(17)18/h1-2,5H,3-4H2,(H,16,19)(H,17,18). The number of benzene rings is 1. The van der Waals surface area contributed by atoms with Gasteiger partial charge in [-0.2, -0.15) is 0 Å². The summed E-state index contributed by atoms with van der Waals surface area (Å²) in [5.74, 6) is -2.34. The van der Waals surface area contributed by atoms with E-state index >= 15 is 0 Å². The Morgan fingerprint density at radius 1 is 1.35 bits per heavy atom. The lowest BCUT2D eigenvalue weighted by Gasteiger charge is -2.12. The zero-order valence-electron chi connectivity index (χ0n) is 9.83. The van der Waals surface area contributed by atoms with Crippen molar-refractivity contribution in [3.63, 3.8) is 0 Å². The number of carboxylic acid groups (broad SMARTS) is 1.